The Morgan fingerprint density at radius 2 is 1.94 bits per heavy atom. The summed E-state index contributed by atoms with van der Waals surface area (Å²) >= 11 is 0. The maximum Gasteiger partial charge on any atom is 0.325 e. The SMILES string of the molecule is CCOC(=O)C(C)(N)CCN(C)C(C)C(C)C. The van der Waals surface area contributed by atoms with Gasteiger partial charge in [-0.05, 0) is 40.2 Å². The lowest BCUT2D eigenvalue weighted by atomic mass is 9.98. The lowest BCUT2D eigenvalue weighted by Gasteiger charge is -2.31. The van der Waals surface area contributed by atoms with Crippen LogP contribution in [0.4, 0.5) is 0 Å². The Labute approximate surface area is 105 Å². The fraction of sp³-hybridized carbons (Fsp3) is 0.923. The highest BCUT2D eigenvalue weighted by atomic mass is 16.5. The third kappa shape index (κ3) is 5.50. The molecule has 0 aliphatic rings. The minimum absolute atomic E-state index is 0.314. The molecule has 0 aromatic carbocycles. The second-order valence-corrected chi connectivity index (χ2v) is 5.35. The molecule has 0 spiro atoms. The first-order chi connectivity index (χ1) is 7.72. The molecule has 0 saturated heterocycles. The number of carbonyl (C=O) groups is 1. The number of esters is 1. The predicted molar refractivity (Wildman–Crippen MR) is 70.8 cm³/mol. The number of hydrogen-bond donors (Lipinski definition) is 1. The molecular weight excluding hydrogens is 216 g/mol. The van der Waals surface area contributed by atoms with E-state index in [1.165, 1.54) is 0 Å². The Balaban J connectivity index is 4.22. The molecule has 0 aliphatic heterocycles. The van der Waals surface area contributed by atoms with E-state index < -0.39 is 5.54 Å². The predicted octanol–water partition coefficient (Wildman–Crippen LogP) is 1.63. The first-order valence-corrected chi connectivity index (χ1v) is 6.38. The number of ether oxygens (including phenoxy) is 1. The summed E-state index contributed by atoms with van der Waals surface area (Å²) in [7, 11) is 2.06. The van der Waals surface area contributed by atoms with Crippen LogP contribution in [0.5, 0.6) is 0 Å². The molecule has 2 N–H and O–H groups in total. The van der Waals surface area contributed by atoms with Gasteiger partial charge in [0.1, 0.15) is 5.54 Å². The highest BCUT2D eigenvalue weighted by molar-refractivity contribution is 5.79. The number of rotatable bonds is 7. The summed E-state index contributed by atoms with van der Waals surface area (Å²) in [6.07, 6.45) is 0.611. The molecule has 4 heteroatoms. The summed E-state index contributed by atoms with van der Waals surface area (Å²) in [5.74, 6) is 0.275. The number of carbonyl (C=O) groups excluding carboxylic acids is 1. The highest BCUT2D eigenvalue weighted by Crippen LogP contribution is 2.13. The summed E-state index contributed by atoms with van der Waals surface area (Å²) in [6.45, 7) is 11.3. The van der Waals surface area contributed by atoms with Gasteiger partial charge in [-0.2, -0.15) is 0 Å². The van der Waals surface area contributed by atoms with Crippen molar-refractivity contribution in [1.29, 1.82) is 0 Å². The normalized spacial score (nSPS) is 17.0. The Morgan fingerprint density at radius 3 is 2.35 bits per heavy atom. The number of nitrogens with zero attached hydrogens (tertiary/aromatic N) is 1. The quantitative estimate of drug-likeness (QED) is 0.692. The molecule has 0 bridgehead atoms. The zero-order valence-corrected chi connectivity index (χ0v) is 12.1. The van der Waals surface area contributed by atoms with E-state index >= 15 is 0 Å². The molecule has 4 nitrogen and oxygen atoms in total. The molecule has 0 fully saturated rings. The minimum atomic E-state index is -0.888. The fourth-order valence-electron chi connectivity index (χ4n) is 1.52. The molecule has 0 amide bonds. The first kappa shape index (κ1) is 16.4. The smallest absolute Gasteiger partial charge is 0.325 e. The molecule has 0 rings (SSSR count). The van der Waals surface area contributed by atoms with Crippen molar-refractivity contribution in [3.63, 3.8) is 0 Å². The summed E-state index contributed by atoms with van der Waals surface area (Å²) < 4.78 is 4.96. The summed E-state index contributed by atoms with van der Waals surface area (Å²) in [6, 6.07) is 0.480. The van der Waals surface area contributed by atoms with Gasteiger partial charge < -0.3 is 15.4 Å². The second kappa shape index (κ2) is 6.97. The molecule has 0 aromatic heterocycles. The van der Waals surface area contributed by atoms with Crippen LogP contribution >= 0.6 is 0 Å². The van der Waals surface area contributed by atoms with Crippen LogP contribution in [0.3, 0.4) is 0 Å². The molecular formula is C13H28N2O2. The summed E-state index contributed by atoms with van der Waals surface area (Å²) in [5, 5.41) is 0. The van der Waals surface area contributed by atoms with Crippen molar-refractivity contribution in [3.8, 4) is 0 Å². The van der Waals surface area contributed by atoms with Crippen molar-refractivity contribution < 1.29 is 9.53 Å². The van der Waals surface area contributed by atoms with Gasteiger partial charge in [-0.3, -0.25) is 4.79 Å². The van der Waals surface area contributed by atoms with Crippen LogP contribution in [0.25, 0.3) is 0 Å². The van der Waals surface area contributed by atoms with E-state index in [0.717, 1.165) is 6.54 Å². The van der Waals surface area contributed by atoms with Crippen LogP contribution in [0, 0.1) is 5.92 Å². The van der Waals surface area contributed by atoms with Gasteiger partial charge in [-0.25, -0.2) is 0 Å². The van der Waals surface area contributed by atoms with E-state index in [4.69, 9.17) is 10.5 Å². The zero-order chi connectivity index (χ0) is 13.6. The minimum Gasteiger partial charge on any atom is -0.465 e. The Kier molecular flexibility index (Phi) is 6.72. The molecule has 0 radical (unpaired) electrons. The van der Waals surface area contributed by atoms with Crippen LogP contribution in [-0.4, -0.2) is 42.6 Å². The monoisotopic (exact) mass is 244 g/mol. The Bertz CT molecular complexity index is 240. The van der Waals surface area contributed by atoms with Crippen molar-refractivity contribution in [2.24, 2.45) is 11.7 Å². The van der Waals surface area contributed by atoms with Crippen molar-refractivity contribution >= 4 is 5.97 Å². The van der Waals surface area contributed by atoms with E-state index in [0.29, 0.717) is 25.0 Å². The van der Waals surface area contributed by atoms with Crippen molar-refractivity contribution in [1.82, 2.24) is 4.90 Å². The second-order valence-electron chi connectivity index (χ2n) is 5.35. The number of hydrogen-bond acceptors (Lipinski definition) is 4. The maximum absolute atomic E-state index is 11.6. The van der Waals surface area contributed by atoms with E-state index in [2.05, 4.69) is 32.7 Å². The molecule has 2 unspecified atom stereocenters. The van der Waals surface area contributed by atoms with Gasteiger partial charge in [0.2, 0.25) is 0 Å². The Morgan fingerprint density at radius 1 is 1.41 bits per heavy atom. The number of nitrogens with two attached hydrogens (primary N) is 1. The summed E-state index contributed by atoms with van der Waals surface area (Å²) in [5.41, 5.74) is 5.08. The lowest BCUT2D eigenvalue weighted by Crippen LogP contribution is -2.49. The third-order valence-corrected chi connectivity index (χ3v) is 3.39. The van der Waals surface area contributed by atoms with Crippen molar-refractivity contribution in [2.45, 2.75) is 52.6 Å². The van der Waals surface area contributed by atoms with E-state index in [-0.39, 0.29) is 5.97 Å². The molecule has 102 valence electrons. The molecule has 0 saturated carbocycles. The van der Waals surface area contributed by atoms with Gasteiger partial charge in [-0.1, -0.05) is 13.8 Å². The van der Waals surface area contributed by atoms with Crippen LogP contribution in [0.15, 0.2) is 0 Å². The van der Waals surface area contributed by atoms with Crippen molar-refractivity contribution in [3.05, 3.63) is 0 Å². The lowest BCUT2D eigenvalue weighted by molar-refractivity contribution is -0.149. The third-order valence-electron chi connectivity index (χ3n) is 3.39. The van der Waals surface area contributed by atoms with Gasteiger partial charge >= 0.3 is 5.97 Å². The molecule has 17 heavy (non-hydrogen) atoms. The van der Waals surface area contributed by atoms with Gasteiger partial charge in [0.05, 0.1) is 6.61 Å². The maximum atomic E-state index is 11.6. The van der Waals surface area contributed by atoms with Gasteiger partial charge in [0.25, 0.3) is 0 Å². The molecule has 2 atom stereocenters. The van der Waals surface area contributed by atoms with Crippen LogP contribution < -0.4 is 5.73 Å². The van der Waals surface area contributed by atoms with Crippen molar-refractivity contribution in [2.75, 3.05) is 20.2 Å². The highest BCUT2D eigenvalue weighted by Gasteiger charge is 2.30. The fourth-order valence-corrected chi connectivity index (χ4v) is 1.52. The standard InChI is InChI=1S/C13H28N2O2/c1-7-17-12(16)13(5,14)8-9-15(6)11(4)10(2)3/h10-11H,7-9,14H2,1-6H3. The molecule has 0 heterocycles. The van der Waals surface area contributed by atoms with E-state index in [1.807, 2.05) is 0 Å². The topological polar surface area (TPSA) is 55.6 Å². The molecule has 0 aromatic rings. The first-order valence-electron chi connectivity index (χ1n) is 6.38. The van der Waals surface area contributed by atoms with Gasteiger partial charge in [0, 0.05) is 12.6 Å². The van der Waals surface area contributed by atoms with E-state index in [9.17, 15) is 4.79 Å². The van der Waals surface area contributed by atoms with Crippen LogP contribution in [-0.2, 0) is 9.53 Å². The molecule has 0 aliphatic carbocycles. The average Bonchev–Trinajstić information content (AvgIpc) is 2.25. The average molecular weight is 244 g/mol. The van der Waals surface area contributed by atoms with Crippen LogP contribution in [0.2, 0.25) is 0 Å². The largest absolute Gasteiger partial charge is 0.465 e. The zero-order valence-electron chi connectivity index (χ0n) is 12.1. The summed E-state index contributed by atoms with van der Waals surface area (Å²) in [4.78, 5) is 13.8. The Hall–Kier alpha value is -0.610. The van der Waals surface area contributed by atoms with E-state index in [1.54, 1.807) is 13.8 Å². The van der Waals surface area contributed by atoms with Gasteiger partial charge in [0.15, 0.2) is 0 Å². The van der Waals surface area contributed by atoms with Gasteiger partial charge in [-0.15, -0.1) is 0 Å². The van der Waals surface area contributed by atoms with Crippen LogP contribution in [0.1, 0.15) is 41.0 Å².